The Morgan fingerprint density at radius 3 is 2.93 bits per heavy atom. The summed E-state index contributed by atoms with van der Waals surface area (Å²) in [5.41, 5.74) is 0. The van der Waals surface area contributed by atoms with E-state index >= 15 is 0 Å². The maximum atomic E-state index is 11.4. The van der Waals surface area contributed by atoms with Gasteiger partial charge in [-0.15, -0.1) is 0 Å². The highest BCUT2D eigenvalue weighted by atomic mass is 16.6. The van der Waals surface area contributed by atoms with Crippen LogP contribution in [0, 0.1) is 5.92 Å². The number of nitrogens with one attached hydrogen (secondary N) is 1. The number of carbonyl (C=O) groups excluding carboxylic acids is 1. The van der Waals surface area contributed by atoms with Gasteiger partial charge in [0.25, 0.3) is 0 Å². The molecule has 1 aliphatic carbocycles. The second-order valence-corrected chi connectivity index (χ2v) is 4.58. The Balaban J connectivity index is 2.13. The summed E-state index contributed by atoms with van der Waals surface area (Å²) in [5, 5.41) is 2.78. The lowest BCUT2D eigenvalue weighted by atomic mass is 9.89. The summed E-state index contributed by atoms with van der Waals surface area (Å²) in [7, 11) is 0. The minimum absolute atomic E-state index is 0.148. The fourth-order valence-electron chi connectivity index (χ4n) is 2.05. The first-order chi connectivity index (χ1) is 7.22. The monoisotopic (exact) mass is 213 g/mol. The Morgan fingerprint density at radius 2 is 2.27 bits per heavy atom. The summed E-state index contributed by atoms with van der Waals surface area (Å²) in [4.78, 5) is 11.4. The number of unbranched alkanes of at least 4 members (excludes halogenated alkanes) is 1. The van der Waals surface area contributed by atoms with Crippen LogP contribution in [0.15, 0.2) is 0 Å². The van der Waals surface area contributed by atoms with Crippen molar-refractivity contribution in [2.24, 2.45) is 5.92 Å². The Labute approximate surface area is 92.6 Å². The second-order valence-electron chi connectivity index (χ2n) is 4.58. The highest BCUT2D eigenvalue weighted by molar-refractivity contribution is 5.67. The molecule has 0 bridgehead atoms. The van der Waals surface area contributed by atoms with Crippen molar-refractivity contribution in [1.82, 2.24) is 5.32 Å². The molecule has 0 radical (unpaired) electrons. The van der Waals surface area contributed by atoms with E-state index in [0.717, 1.165) is 32.2 Å². The molecular weight excluding hydrogens is 190 g/mol. The molecule has 3 heteroatoms. The largest absolute Gasteiger partial charge is 0.446 e. The molecule has 3 nitrogen and oxygen atoms in total. The lowest BCUT2D eigenvalue weighted by Gasteiger charge is -2.26. The number of amides is 1. The summed E-state index contributed by atoms with van der Waals surface area (Å²) in [6, 6.07) is 0. The normalized spacial score (nSPS) is 26.0. The van der Waals surface area contributed by atoms with Gasteiger partial charge in [0.1, 0.15) is 6.10 Å². The lowest BCUT2D eigenvalue weighted by Crippen LogP contribution is -2.32. The zero-order valence-electron chi connectivity index (χ0n) is 9.92. The smallest absolute Gasteiger partial charge is 0.407 e. The molecule has 1 N–H and O–H groups in total. The van der Waals surface area contributed by atoms with Crippen molar-refractivity contribution >= 4 is 6.09 Å². The van der Waals surface area contributed by atoms with Gasteiger partial charge in [0.05, 0.1) is 0 Å². The van der Waals surface area contributed by atoms with E-state index in [1.54, 1.807) is 0 Å². The van der Waals surface area contributed by atoms with Crippen molar-refractivity contribution in [3.8, 4) is 0 Å². The molecule has 0 unspecified atom stereocenters. The van der Waals surface area contributed by atoms with Gasteiger partial charge in [0, 0.05) is 6.54 Å². The van der Waals surface area contributed by atoms with Crippen molar-refractivity contribution in [3.63, 3.8) is 0 Å². The molecule has 0 spiro atoms. The molecule has 1 fully saturated rings. The predicted octanol–water partition coefficient (Wildman–Crippen LogP) is 3.09. The van der Waals surface area contributed by atoms with Crippen LogP contribution in [0.1, 0.15) is 52.4 Å². The Kier molecular flexibility index (Phi) is 5.51. The van der Waals surface area contributed by atoms with Gasteiger partial charge in [-0.05, 0) is 31.6 Å². The minimum Gasteiger partial charge on any atom is -0.446 e. The van der Waals surface area contributed by atoms with E-state index in [0.29, 0.717) is 5.92 Å². The van der Waals surface area contributed by atoms with Crippen molar-refractivity contribution in [1.29, 1.82) is 0 Å². The average molecular weight is 213 g/mol. The Hall–Kier alpha value is -0.730. The molecule has 0 heterocycles. The Morgan fingerprint density at radius 1 is 1.47 bits per heavy atom. The van der Waals surface area contributed by atoms with Crippen LogP contribution in [0.5, 0.6) is 0 Å². The molecule has 1 saturated carbocycles. The number of alkyl carbamates (subject to hydrolysis) is 1. The van der Waals surface area contributed by atoms with Gasteiger partial charge < -0.3 is 10.1 Å². The topological polar surface area (TPSA) is 38.3 Å². The van der Waals surface area contributed by atoms with Gasteiger partial charge in [-0.25, -0.2) is 4.79 Å². The zero-order chi connectivity index (χ0) is 11.1. The summed E-state index contributed by atoms with van der Waals surface area (Å²) in [6.07, 6.45) is 6.56. The summed E-state index contributed by atoms with van der Waals surface area (Å²) >= 11 is 0. The summed E-state index contributed by atoms with van der Waals surface area (Å²) in [5.74, 6) is 0.701. The zero-order valence-corrected chi connectivity index (χ0v) is 9.92. The quantitative estimate of drug-likeness (QED) is 0.729. The molecule has 0 aromatic heterocycles. The van der Waals surface area contributed by atoms with Crippen LogP contribution < -0.4 is 5.32 Å². The van der Waals surface area contributed by atoms with Crippen LogP contribution in [0.2, 0.25) is 0 Å². The number of ether oxygens (including phenoxy) is 1. The molecule has 2 atom stereocenters. The van der Waals surface area contributed by atoms with Gasteiger partial charge >= 0.3 is 6.09 Å². The fraction of sp³-hybridized carbons (Fsp3) is 0.917. The van der Waals surface area contributed by atoms with Crippen LogP contribution in [0.4, 0.5) is 4.79 Å². The molecule has 15 heavy (non-hydrogen) atoms. The van der Waals surface area contributed by atoms with Crippen molar-refractivity contribution in [3.05, 3.63) is 0 Å². The highest BCUT2D eigenvalue weighted by Gasteiger charge is 2.21. The van der Waals surface area contributed by atoms with Gasteiger partial charge in [0.15, 0.2) is 0 Å². The van der Waals surface area contributed by atoms with Crippen LogP contribution in [-0.2, 0) is 4.74 Å². The van der Waals surface area contributed by atoms with Crippen molar-refractivity contribution in [2.75, 3.05) is 6.54 Å². The van der Waals surface area contributed by atoms with Crippen molar-refractivity contribution in [2.45, 2.75) is 58.5 Å². The summed E-state index contributed by atoms with van der Waals surface area (Å²) < 4.78 is 5.36. The SMILES string of the molecule is CCCCNC(=O)O[C@@H]1CCC[C@@H](C)C1. The third-order valence-corrected chi connectivity index (χ3v) is 2.96. The maximum absolute atomic E-state index is 11.4. The molecule has 0 aromatic rings. The van der Waals surface area contributed by atoms with Crippen LogP contribution >= 0.6 is 0 Å². The third-order valence-electron chi connectivity index (χ3n) is 2.96. The highest BCUT2D eigenvalue weighted by Crippen LogP contribution is 2.25. The van der Waals surface area contributed by atoms with Crippen LogP contribution in [0.3, 0.4) is 0 Å². The molecule has 1 rings (SSSR count). The van der Waals surface area contributed by atoms with E-state index in [1.165, 1.54) is 12.8 Å². The average Bonchev–Trinajstić information content (AvgIpc) is 2.18. The van der Waals surface area contributed by atoms with Crippen LogP contribution in [0.25, 0.3) is 0 Å². The first kappa shape index (κ1) is 12.3. The number of hydrogen-bond acceptors (Lipinski definition) is 2. The van der Waals surface area contributed by atoms with E-state index in [1.807, 2.05) is 0 Å². The van der Waals surface area contributed by atoms with Gasteiger partial charge in [-0.2, -0.15) is 0 Å². The fourth-order valence-corrected chi connectivity index (χ4v) is 2.05. The van der Waals surface area contributed by atoms with E-state index in [9.17, 15) is 4.79 Å². The first-order valence-corrected chi connectivity index (χ1v) is 6.16. The number of hydrogen-bond donors (Lipinski definition) is 1. The van der Waals surface area contributed by atoms with Gasteiger partial charge in [-0.1, -0.05) is 26.7 Å². The molecule has 1 amide bonds. The van der Waals surface area contributed by atoms with Gasteiger partial charge in [0.2, 0.25) is 0 Å². The molecule has 88 valence electrons. The maximum Gasteiger partial charge on any atom is 0.407 e. The molecule has 1 aliphatic rings. The molecule has 0 aromatic carbocycles. The standard InChI is InChI=1S/C12H23NO2/c1-3-4-8-13-12(14)15-11-7-5-6-10(2)9-11/h10-11H,3-9H2,1-2H3,(H,13,14)/t10-,11-/m1/s1. The number of rotatable bonds is 4. The first-order valence-electron chi connectivity index (χ1n) is 6.16. The van der Waals surface area contributed by atoms with Gasteiger partial charge in [-0.3, -0.25) is 0 Å². The predicted molar refractivity (Wildman–Crippen MR) is 60.8 cm³/mol. The number of carbonyl (C=O) groups is 1. The van der Waals surface area contributed by atoms with E-state index in [2.05, 4.69) is 19.2 Å². The van der Waals surface area contributed by atoms with E-state index in [4.69, 9.17) is 4.74 Å². The molecule has 0 saturated heterocycles. The molecular formula is C12H23NO2. The van der Waals surface area contributed by atoms with Crippen LogP contribution in [-0.4, -0.2) is 18.7 Å². The summed E-state index contributed by atoms with van der Waals surface area (Å²) in [6.45, 7) is 5.07. The minimum atomic E-state index is -0.234. The van der Waals surface area contributed by atoms with Crippen molar-refractivity contribution < 1.29 is 9.53 Å². The van der Waals surface area contributed by atoms with E-state index in [-0.39, 0.29) is 12.2 Å². The Bertz CT molecular complexity index is 194. The lowest BCUT2D eigenvalue weighted by molar-refractivity contribution is 0.0625. The third kappa shape index (κ3) is 5.05. The second kappa shape index (κ2) is 6.70. The van der Waals surface area contributed by atoms with E-state index < -0.39 is 0 Å². The molecule has 0 aliphatic heterocycles.